The van der Waals surface area contributed by atoms with E-state index in [1.165, 1.54) is 42.4 Å². The number of imidazole rings is 1. The minimum atomic E-state index is 0.730. The number of rotatable bonds is 4. The van der Waals surface area contributed by atoms with Crippen LogP contribution in [0, 0.1) is 5.92 Å². The Hall–Kier alpha value is -2.07. The predicted octanol–water partition coefficient (Wildman–Crippen LogP) is 3.29. The van der Waals surface area contributed by atoms with Gasteiger partial charge in [-0.2, -0.15) is 0 Å². The van der Waals surface area contributed by atoms with Crippen LogP contribution in [0.25, 0.3) is 10.9 Å². The summed E-state index contributed by atoms with van der Waals surface area (Å²) in [7, 11) is 2.14. The van der Waals surface area contributed by atoms with E-state index in [0.29, 0.717) is 0 Å². The molecule has 4 nitrogen and oxygen atoms in total. The largest absolute Gasteiger partial charge is 0.350 e. The minimum Gasteiger partial charge on any atom is -0.350 e. The molecule has 0 spiro atoms. The molecule has 4 rings (SSSR count). The summed E-state index contributed by atoms with van der Waals surface area (Å²) >= 11 is 0. The minimum absolute atomic E-state index is 0.730. The maximum Gasteiger partial charge on any atom is 0.0946 e. The summed E-state index contributed by atoms with van der Waals surface area (Å²) in [5.74, 6) is 0.730. The van der Waals surface area contributed by atoms with Crippen molar-refractivity contribution < 1.29 is 0 Å². The van der Waals surface area contributed by atoms with Gasteiger partial charge in [-0.1, -0.05) is 18.2 Å². The first-order valence-electron chi connectivity index (χ1n) is 8.50. The SMILES string of the molecule is Cn1cc(CN2CCCC(Cn3ccnc3)C2)c2ccccc21. The van der Waals surface area contributed by atoms with Crippen LogP contribution in [0.5, 0.6) is 0 Å². The molecule has 1 saturated heterocycles. The van der Waals surface area contributed by atoms with Gasteiger partial charge in [-0.05, 0) is 36.9 Å². The van der Waals surface area contributed by atoms with E-state index < -0.39 is 0 Å². The van der Waals surface area contributed by atoms with Gasteiger partial charge in [-0.25, -0.2) is 4.98 Å². The summed E-state index contributed by atoms with van der Waals surface area (Å²) in [6.45, 7) is 4.54. The Morgan fingerprint density at radius 2 is 2.17 bits per heavy atom. The molecule has 0 amide bonds. The third kappa shape index (κ3) is 3.04. The van der Waals surface area contributed by atoms with Crippen molar-refractivity contribution in [2.75, 3.05) is 13.1 Å². The molecule has 23 heavy (non-hydrogen) atoms. The van der Waals surface area contributed by atoms with E-state index in [2.05, 4.69) is 62.7 Å². The van der Waals surface area contributed by atoms with Crippen LogP contribution in [0.3, 0.4) is 0 Å². The topological polar surface area (TPSA) is 26.0 Å². The maximum absolute atomic E-state index is 4.16. The summed E-state index contributed by atoms with van der Waals surface area (Å²) in [6.07, 6.45) is 10.8. The van der Waals surface area contributed by atoms with Crippen LogP contribution in [0.2, 0.25) is 0 Å². The Morgan fingerprint density at radius 3 is 3.04 bits per heavy atom. The lowest BCUT2D eigenvalue weighted by atomic mass is 9.97. The van der Waals surface area contributed by atoms with E-state index in [1.807, 2.05) is 12.5 Å². The molecule has 3 aromatic rings. The standard InChI is InChI=1S/C19H24N4/c1-21-13-17(18-6-2-3-7-19(18)21)14-22-9-4-5-16(11-22)12-23-10-8-20-15-23/h2-3,6-8,10,13,15-16H,4-5,9,11-12,14H2,1H3. The van der Waals surface area contributed by atoms with Gasteiger partial charge < -0.3 is 9.13 Å². The van der Waals surface area contributed by atoms with Crippen LogP contribution >= 0.6 is 0 Å². The highest BCUT2D eigenvalue weighted by Gasteiger charge is 2.21. The molecule has 0 N–H and O–H groups in total. The number of hydrogen-bond acceptors (Lipinski definition) is 2. The van der Waals surface area contributed by atoms with Crippen LogP contribution in [-0.2, 0) is 20.1 Å². The molecule has 0 bridgehead atoms. The number of aryl methyl sites for hydroxylation is 1. The summed E-state index contributed by atoms with van der Waals surface area (Å²) in [4.78, 5) is 6.78. The van der Waals surface area contributed by atoms with E-state index >= 15 is 0 Å². The highest BCUT2D eigenvalue weighted by Crippen LogP contribution is 2.25. The smallest absolute Gasteiger partial charge is 0.0946 e. The van der Waals surface area contributed by atoms with Crippen LogP contribution in [0.1, 0.15) is 18.4 Å². The van der Waals surface area contributed by atoms with Crippen molar-refractivity contribution in [3.8, 4) is 0 Å². The van der Waals surface area contributed by atoms with Crippen molar-refractivity contribution in [2.24, 2.45) is 13.0 Å². The summed E-state index contributed by atoms with van der Waals surface area (Å²) < 4.78 is 4.46. The van der Waals surface area contributed by atoms with Gasteiger partial charge in [0, 0.05) is 56.2 Å². The molecule has 3 heterocycles. The number of nitrogens with zero attached hydrogens (tertiary/aromatic N) is 4. The zero-order valence-corrected chi connectivity index (χ0v) is 13.7. The molecule has 1 unspecified atom stereocenters. The number of benzene rings is 1. The summed E-state index contributed by atoms with van der Waals surface area (Å²) in [5, 5.41) is 1.40. The van der Waals surface area contributed by atoms with Gasteiger partial charge in [0.15, 0.2) is 0 Å². The second-order valence-electron chi connectivity index (χ2n) is 6.79. The van der Waals surface area contributed by atoms with Crippen LogP contribution < -0.4 is 0 Å². The summed E-state index contributed by atoms with van der Waals surface area (Å²) in [6, 6.07) is 8.71. The molecule has 2 aromatic heterocycles. The van der Waals surface area contributed by atoms with Gasteiger partial charge in [0.05, 0.1) is 6.33 Å². The molecule has 4 heteroatoms. The zero-order valence-electron chi connectivity index (χ0n) is 13.7. The van der Waals surface area contributed by atoms with Gasteiger partial charge >= 0.3 is 0 Å². The maximum atomic E-state index is 4.16. The Balaban J connectivity index is 1.47. The van der Waals surface area contributed by atoms with E-state index in [-0.39, 0.29) is 0 Å². The first-order valence-corrected chi connectivity index (χ1v) is 8.50. The number of fused-ring (bicyclic) bond motifs is 1. The van der Waals surface area contributed by atoms with Gasteiger partial charge in [0.1, 0.15) is 0 Å². The molecule has 0 radical (unpaired) electrons. The van der Waals surface area contributed by atoms with Crippen molar-refractivity contribution in [1.29, 1.82) is 0 Å². The molecule has 1 fully saturated rings. The van der Waals surface area contributed by atoms with Gasteiger partial charge in [-0.3, -0.25) is 4.90 Å². The number of para-hydroxylation sites is 1. The van der Waals surface area contributed by atoms with Crippen LogP contribution in [-0.4, -0.2) is 32.1 Å². The Bertz CT molecular complexity index is 772. The lowest BCUT2D eigenvalue weighted by Crippen LogP contribution is -2.36. The number of hydrogen-bond donors (Lipinski definition) is 0. The molecule has 1 atom stereocenters. The van der Waals surface area contributed by atoms with Crippen molar-refractivity contribution in [1.82, 2.24) is 19.0 Å². The van der Waals surface area contributed by atoms with Crippen LogP contribution in [0.15, 0.2) is 49.2 Å². The normalized spacial score (nSPS) is 19.4. The van der Waals surface area contributed by atoms with E-state index in [9.17, 15) is 0 Å². The Labute approximate surface area is 137 Å². The third-order valence-corrected chi connectivity index (χ3v) is 5.00. The van der Waals surface area contributed by atoms with Gasteiger partial charge in [-0.15, -0.1) is 0 Å². The van der Waals surface area contributed by atoms with Crippen molar-refractivity contribution in [2.45, 2.75) is 25.9 Å². The fourth-order valence-corrected chi connectivity index (χ4v) is 3.93. The average Bonchev–Trinajstić information content (AvgIpc) is 3.17. The first kappa shape index (κ1) is 14.5. The van der Waals surface area contributed by atoms with Gasteiger partial charge in [0.25, 0.3) is 0 Å². The van der Waals surface area contributed by atoms with Crippen molar-refractivity contribution in [3.63, 3.8) is 0 Å². The highest BCUT2D eigenvalue weighted by atomic mass is 15.1. The lowest BCUT2D eigenvalue weighted by Gasteiger charge is -2.32. The fourth-order valence-electron chi connectivity index (χ4n) is 3.93. The summed E-state index contributed by atoms with van der Waals surface area (Å²) in [5.41, 5.74) is 2.78. The second-order valence-corrected chi connectivity index (χ2v) is 6.79. The molecule has 1 aliphatic rings. The quantitative estimate of drug-likeness (QED) is 0.739. The van der Waals surface area contributed by atoms with E-state index in [0.717, 1.165) is 19.0 Å². The Morgan fingerprint density at radius 1 is 1.26 bits per heavy atom. The molecular weight excluding hydrogens is 284 g/mol. The number of likely N-dealkylation sites (tertiary alicyclic amines) is 1. The van der Waals surface area contributed by atoms with E-state index in [1.54, 1.807) is 0 Å². The zero-order chi connectivity index (χ0) is 15.6. The number of piperidine rings is 1. The molecule has 1 aromatic carbocycles. The predicted molar refractivity (Wildman–Crippen MR) is 93.1 cm³/mol. The molecule has 0 saturated carbocycles. The van der Waals surface area contributed by atoms with Crippen molar-refractivity contribution >= 4 is 10.9 Å². The molecule has 0 aliphatic carbocycles. The molecule has 120 valence electrons. The highest BCUT2D eigenvalue weighted by molar-refractivity contribution is 5.83. The Kier molecular flexibility index (Phi) is 3.92. The fraction of sp³-hybridized carbons (Fsp3) is 0.421. The first-order chi connectivity index (χ1) is 11.3. The third-order valence-electron chi connectivity index (χ3n) is 5.00. The average molecular weight is 308 g/mol. The molecular formula is C19H24N4. The lowest BCUT2D eigenvalue weighted by molar-refractivity contribution is 0.156. The van der Waals surface area contributed by atoms with E-state index in [4.69, 9.17) is 0 Å². The van der Waals surface area contributed by atoms with Crippen LogP contribution in [0.4, 0.5) is 0 Å². The second kappa shape index (κ2) is 6.20. The van der Waals surface area contributed by atoms with Crippen molar-refractivity contribution in [3.05, 3.63) is 54.7 Å². The number of aromatic nitrogens is 3. The van der Waals surface area contributed by atoms with Gasteiger partial charge in [0.2, 0.25) is 0 Å². The monoisotopic (exact) mass is 308 g/mol. The molecule has 1 aliphatic heterocycles.